The lowest BCUT2D eigenvalue weighted by molar-refractivity contribution is -0.139. The Balaban J connectivity index is 1.42. The number of carbonyl (C=O) groups is 1. The number of likely N-dealkylation sites (tertiary alicyclic amines) is 1. The molecule has 2 fully saturated rings. The van der Waals surface area contributed by atoms with E-state index in [1.54, 1.807) is 13.1 Å². The average molecular weight is 344 g/mol. The third-order valence-corrected chi connectivity index (χ3v) is 6.24. The van der Waals surface area contributed by atoms with Gasteiger partial charge in [-0.15, -0.1) is 0 Å². The van der Waals surface area contributed by atoms with Gasteiger partial charge in [-0.3, -0.25) is 14.5 Å². The first-order valence-electron chi connectivity index (χ1n) is 9.70. The third-order valence-electron chi connectivity index (χ3n) is 6.24. The second kappa shape index (κ2) is 6.90. The molecule has 3 aliphatic rings. The number of aryl methyl sites for hydroxylation is 1. The molecule has 4 rings (SSSR count). The van der Waals surface area contributed by atoms with Gasteiger partial charge in [-0.05, 0) is 37.2 Å². The lowest BCUT2D eigenvalue weighted by atomic mass is 9.78. The minimum atomic E-state index is -0.0759. The molecule has 0 unspecified atom stereocenters. The van der Waals surface area contributed by atoms with E-state index < -0.39 is 0 Å². The first-order valence-corrected chi connectivity index (χ1v) is 9.70. The normalized spacial score (nSPS) is 26.8. The standard InChI is InChI=1S/C19H28N4O2/c1-21-18(24)11-15-12-22(10-8-16(15)20-21)13-19(25)23-9-4-6-14-5-2-3-7-17(14)23/h11,14,17H,2-10,12-13H2,1H3/t14-,17-/m0/s1. The maximum atomic E-state index is 13.0. The Morgan fingerprint density at radius 2 is 2.00 bits per heavy atom. The molecular formula is C19H28N4O2. The van der Waals surface area contributed by atoms with Crippen LogP contribution in [0.3, 0.4) is 0 Å². The van der Waals surface area contributed by atoms with E-state index in [2.05, 4.69) is 14.9 Å². The van der Waals surface area contributed by atoms with Gasteiger partial charge >= 0.3 is 0 Å². The molecule has 0 bridgehead atoms. The van der Waals surface area contributed by atoms with E-state index in [1.165, 1.54) is 36.8 Å². The lowest BCUT2D eigenvalue weighted by Crippen LogP contribution is -2.52. The Labute approximate surface area is 148 Å². The van der Waals surface area contributed by atoms with Crippen molar-refractivity contribution >= 4 is 5.91 Å². The average Bonchev–Trinajstić information content (AvgIpc) is 2.62. The highest BCUT2D eigenvalue weighted by atomic mass is 16.2. The highest BCUT2D eigenvalue weighted by Crippen LogP contribution is 2.35. The summed E-state index contributed by atoms with van der Waals surface area (Å²) in [6.07, 6.45) is 8.31. The summed E-state index contributed by atoms with van der Waals surface area (Å²) >= 11 is 0. The predicted octanol–water partition coefficient (Wildman–Crippen LogP) is 1.32. The Morgan fingerprint density at radius 3 is 2.88 bits per heavy atom. The van der Waals surface area contributed by atoms with Crippen molar-refractivity contribution in [2.24, 2.45) is 13.0 Å². The maximum absolute atomic E-state index is 13.0. The fraction of sp³-hybridized carbons (Fsp3) is 0.737. The van der Waals surface area contributed by atoms with Crippen LogP contribution in [-0.4, -0.2) is 51.2 Å². The largest absolute Gasteiger partial charge is 0.338 e. The van der Waals surface area contributed by atoms with Gasteiger partial charge in [0.25, 0.3) is 5.56 Å². The monoisotopic (exact) mass is 344 g/mol. The minimum absolute atomic E-state index is 0.0759. The van der Waals surface area contributed by atoms with Crippen molar-refractivity contribution < 1.29 is 4.79 Å². The first kappa shape index (κ1) is 16.8. The molecule has 1 aromatic rings. The van der Waals surface area contributed by atoms with Crippen LogP contribution in [0.5, 0.6) is 0 Å². The number of hydrogen-bond donors (Lipinski definition) is 0. The molecular weight excluding hydrogens is 316 g/mol. The molecule has 1 aromatic heterocycles. The fourth-order valence-electron chi connectivity index (χ4n) is 4.90. The number of aromatic nitrogens is 2. The molecule has 2 aliphatic heterocycles. The van der Waals surface area contributed by atoms with Crippen LogP contribution in [0, 0.1) is 5.92 Å². The number of amides is 1. The molecule has 2 atom stereocenters. The van der Waals surface area contributed by atoms with Gasteiger partial charge in [0.05, 0.1) is 12.2 Å². The summed E-state index contributed by atoms with van der Waals surface area (Å²) in [5, 5.41) is 4.35. The van der Waals surface area contributed by atoms with Crippen LogP contribution in [0.25, 0.3) is 0 Å². The van der Waals surface area contributed by atoms with Gasteiger partial charge in [-0.2, -0.15) is 5.10 Å². The van der Waals surface area contributed by atoms with Gasteiger partial charge < -0.3 is 4.90 Å². The number of piperidine rings is 1. The minimum Gasteiger partial charge on any atom is -0.338 e. The smallest absolute Gasteiger partial charge is 0.266 e. The molecule has 1 saturated carbocycles. The molecule has 1 aliphatic carbocycles. The van der Waals surface area contributed by atoms with Crippen molar-refractivity contribution in [3.05, 3.63) is 27.7 Å². The maximum Gasteiger partial charge on any atom is 0.266 e. The molecule has 1 saturated heterocycles. The van der Waals surface area contributed by atoms with E-state index >= 15 is 0 Å². The molecule has 0 N–H and O–H groups in total. The number of rotatable bonds is 2. The van der Waals surface area contributed by atoms with Crippen LogP contribution in [0.4, 0.5) is 0 Å². The van der Waals surface area contributed by atoms with E-state index in [0.717, 1.165) is 43.1 Å². The number of carbonyl (C=O) groups excluding carboxylic acids is 1. The molecule has 25 heavy (non-hydrogen) atoms. The molecule has 0 aromatic carbocycles. The Morgan fingerprint density at radius 1 is 1.20 bits per heavy atom. The van der Waals surface area contributed by atoms with Gasteiger partial charge in [0, 0.05) is 45.2 Å². The first-order chi connectivity index (χ1) is 12.1. The van der Waals surface area contributed by atoms with E-state index in [4.69, 9.17) is 0 Å². The Hall–Kier alpha value is -1.69. The SMILES string of the molecule is Cn1nc2c(cc1=O)CN(CC(=O)N1CCC[C@@H]3CCCC[C@@H]31)CC2. The van der Waals surface area contributed by atoms with E-state index in [9.17, 15) is 9.59 Å². The van der Waals surface area contributed by atoms with Crippen LogP contribution < -0.4 is 5.56 Å². The molecule has 6 nitrogen and oxygen atoms in total. The molecule has 136 valence electrons. The zero-order chi connectivity index (χ0) is 17.4. The summed E-state index contributed by atoms with van der Waals surface area (Å²) in [4.78, 5) is 29.1. The number of fused-ring (bicyclic) bond motifs is 2. The van der Waals surface area contributed by atoms with Crippen LogP contribution in [-0.2, 0) is 24.8 Å². The van der Waals surface area contributed by atoms with Crippen molar-refractivity contribution in [2.45, 2.75) is 57.5 Å². The van der Waals surface area contributed by atoms with Crippen LogP contribution in [0.2, 0.25) is 0 Å². The summed E-state index contributed by atoms with van der Waals surface area (Å²) in [5.41, 5.74) is 1.90. The zero-order valence-corrected chi connectivity index (χ0v) is 15.1. The fourth-order valence-corrected chi connectivity index (χ4v) is 4.90. The van der Waals surface area contributed by atoms with Gasteiger partial charge in [-0.1, -0.05) is 12.8 Å². The molecule has 0 spiro atoms. The third kappa shape index (κ3) is 3.36. The van der Waals surface area contributed by atoms with Crippen molar-refractivity contribution in [1.82, 2.24) is 19.6 Å². The highest BCUT2D eigenvalue weighted by molar-refractivity contribution is 5.78. The Bertz CT molecular complexity index is 712. The lowest BCUT2D eigenvalue weighted by Gasteiger charge is -2.44. The molecule has 3 heterocycles. The topological polar surface area (TPSA) is 58.4 Å². The van der Waals surface area contributed by atoms with Crippen molar-refractivity contribution in [2.75, 3.05) is 19.6 Å². The van der Waals surface area contributed by atoms with Gasteiger partial charge in [-0.25, -0.2) is 4.68 Å². The zero-order valence-electron chi connectivity index (χ0n) is 15.1. The molecule has 6 heteroatoms. The predicted molar refractivity (Wildman–Crippen MR) is 95.2 cm³/mol. The van der Waals surface area contributed by atoms with E-state index in [-0.39, 0.29) is 11.5 Å². The molecule has 1 amide bonds. The summed E-state index contributed by atoms with van der Waals surface area (Å²) in [7, 11) is 1.69. The Kier molecular flexibility index (Phi) is 4.63. The second-order valence-corrected chi connectivity index (χ2v) is 7.88. The van der Waals surface area contributed by atoms with Crippen LogP contribution in [0.1, 0.15) is 49.8 Å². The van der Waals surface area contributed by atoms with Crippen molar-refractivity contribution in [3.63, 3.8) is 0 Å². The summed E-state index contributed by atoms with van der Waals surface area (Å²) < 4.78 is 1.40. The van der Waals surface area contributed by atoms with E-state index in [0.29, 0.717) is 19.1 Å². The number of hydrogen-bond acceptors (Lipinski definition) is 4. The number of nitrogens with zero attached hydrogens (tertiary/aromatic N) is 4. The quantitative estimate of drug-likeness (QED) is 0.812. The summed E-state index contributed by atoms with van der Waals surface area (Å²) in [5.74, 6) is 0.998. The van der Waals surface area contributed by atoms with Gasteiger partial charge in [0.2, 0.25) is 5.91 Å². The van der Waals surface area contributed by atoms with Crippen LogP contribution in [0.15, 0.2) is 10.9 Å². The van der Waals surface area contributed by atoms with Crippen molar-refractivity contribution in [1.29, 1.82) is 0 Å². The second-order valence-electron chi connectivity index (χ2n) is 7.88. The summed E-state index contributed by atoms with van der Waals surface area (Å²) in [6, 6.07) is 2.15. The highest BCUT2D eigenvalue weighted by Gasteiger charge is 2.36. The van der Waals surface area contributed by atoms with Gasteiger partial charge in [0.15, 0.2) is 0 Å². The van der Waals surface area contributed by atoms with Crippen molar-refractivity contribution in [3.8, 4) is 0 Å². The summed E-state index contributed by atoms with van der Waals surface area (Å²) in [6.45, 7) is 2.89. The molecule has 0 radical (unpaired) electrons. The van der Waals surface area contributed by atoms with Crippen LogP contribution >= 0.6 is 0 Å². The van der Waals surface area contributed by atoms with Gasteiger partial charge in [0.1, 0.15) is 0 Å². The van der Waals surface area contributed by atoms with E-state index in [1.807, 2.05) is 0 Å².